The Kier molecular flexibility index (Phi) is 9.53. The second-order valence-electron chi connectivity index (χ2n) is 6.26. The highest BCUT2D eigenvalue weighted by Crippen LogP contribution is 2.20. The summed E-state index contributed by atoms with van der Waals surface area (Å²) in [6, 6.07) is -1.38. The van der Waals surface area contributed by atoms with Crippen LogP contribution in [0.5, 0.6) is 0 Å². The molecular formula is C15H26N2O4S2. The van der Waals surface area contributed by atoms with Crippen molar-refractivity contribution in [3.8, 4) is 0 Å². The molecule has 0 radical (unpaired) electrons. The lowest BCUT2D eigenvalue weighted by Crippen LogP contribution is -2.47. The van der Waals surface area contributed by atoms with Crippen LogP contribution >= 0.6 is 24.4 Å². The lowest BCUT2D eigenvalue weighted by Gasteiger charge is -2.25. The van der Waals surface area contributed by atoms with Crippen LogP contribution in [0.4, 0.5) is 0 Å². The van der Waals surface area contributed by atoms with E-state index in [9.17, 15) is 19.2 Å². The van der Waals surface area contributed by atoms with E-state index in [1.807, 2.05) is 0 Å². The quantitative estimate of drug-likeness (QED) is 0.564. The molecule has 0 fully saturated rings. The van der Waals surface area contributed by atoms with Gasteiger partial charge in [0.25, 0.3) is 0 Å². The zero-order chi connectivity index (χ0) is 18.2. The van der Waals surface area contributed by atoms with Gasteiger partial charge in [-0.05, 0) is 12.2 Å². The van der Waals surface area contributed by atoms with Crippen molar-refractivity contribution in [2.24, 2.45) is 5.41 Å². The van der Waals surface area contributed by atoms with Crippen LogP contribution in [-0.2, 0) is 19.2 Å². The van der Waals surface area contributed by atoms with Gasteiger partial charge in [-0.3, -0.25) is 19.2 Å². The maximum Gasteiger partial charge on any atom is 0.217 e. The summed E-state index contributed by atoms with van der Waals surface area (Å²) in [5.74, 6) is -0.174. The molecule has 0 saturated heterocycles. The highest BCUT2D eigenvalue weighted by atomic mass is 32.2. The molecule has 0 saturated carbocycles. The Morgan fingerprint density at radius 3 is 1.87 bits per heavy atom. The maximum absolute atomic E-state index is 12.4. The summed E-state index contributed by atoms with van der Waals surface area (Å²) in [6.07, 6.45) is 0.409. The maximum atomic E-state index is 12.4. The molecular weight excluding hydrogens is 336 g/mol. The third-order valence-corrected chi connectivity index (χ3v) is 4.23. The number of ketones is 1. The third-order valence-electron chi connectivity index (χ3n) is 2.91. The first-order chi connectivity index (χ1) is 10.5. The van der Waals surface area contributed by atoms with Crippen LogP contribution in [0.25, 0.3) is 0 Å². The van der Waals surface area contributed by atoms with E-state index >= 15 is 0 Å². The fraction of sp³-hybridized carbons (Fsp3) is 0.733. The van der Waals surface area contributed by atoms with Crippen molar-refractivity contribution in [2.75, 3.05) is 11.5 Å². The Labute approximate surface area is 147 Å². The molecule has 0 bridgehead atoms. The van der Waals surface area contributed by atoms with E-state index in [2.05, 4.69) is 23.3 Å². The summed E-state index contributed by atoms with van der Waals surface area (Å²) in [5, 5.41) is 4.92. The van der Waals surface area contributed by atoms with E-state index < -0.39 is 17.5 Å². The van der Waals surface area contributed by atoms with Gasteiger partial charge in [-0.2, -0.15) is 12.6 Å². The van der Waals surface area contributed by atoms with Crippen LogP contribution in [0.3, 0.4) is 0 Å². The van der Waals surface area contributed by atoms with E-state index in [-0.39, 0.29) is 28.5 Å². The molecule has 0 aliphatic carbocycles. The van der Waals surface area contributed by atoms with Crippen molar-refractivity contribution in [3.63, 3.8) is 0 Å². The highest BCUT2D eigenvalue weighted by Gasteiger charge is 2.31. The molecule has 23 heavy (non-hydrogen) atoms. The Hall–Kier alpha value is -1.02. The number of carbonyl (C=O) groups is 4. The molecule has 0 aromatic rings. The number of thiol groups is 1. The SMILES string of the molecule is CC(=O)NC(CCS)C(=O)SCC(NC(C)=O)C(=O)C(C)(C)C. The lowest BCUT2D eigenvalue weighted by atomic mass is 9.87. The number of nitrogens with one attached hydrogen (secondary N) is 2. The average Bonchev–Trinajstić information content (AvgIpc) is 2.39. The Balaban J connectivity index is 4.88. The van der Waals surface area contributed by atoms with Crippen molar-refractivity contribution >= 4 is 47.1 Å². The molecule has 2 unspecified atom stereocenters. The fourth-order valence-electron chi connectivity index (χ4n) is 1.84. The number of hydrogen-bond donors (Lipinski definition) is 3. The van der Waals surface area contributed by atoms with Crippen LogP contribution in [-0.4, -0.2) is 46.3 Å². The average molecular weight is 363 g/mol. The summed E-state index contributed by atoms with van der Waals surface area (Å²) in [7, 11) is 0. The van der Waals surface area contributed by atoms with Gasteiger partial charge in [-0.1, -0.05) is 32.5 Å². The molecule has 2 amide bonds. The summed E-state index contributed by atoms with van der Waals surface area (Å²) in [5.41, 5.74) is -0.626. The van der Waals surface area contributed by atoms with E-state index in [1.165, 1.54) is 13.8 Å². The van der Waals surface area contributed by atoms with Gasteiger partial charge in [0, 0.05) is 25.0 Å². The number of carbonyl (C=O) groups excluding carboxylic acids is 4. The molecule has 0 aliphatic rings. The van der Waals surface area contributed by atoms with Gasteiger partial charge in [0.15, 0.2) is 5.78 Å². The van der Waals surface area contributed by atoms with Crippen molar-refractivity contribution in [1.29, 1.82) is 0 Å². The standard InChI is InChI=1S/C15H26N2O4S2/c1-9(18)16-11(6-7-22)14(21)23-8-12(17-10(2)19)13(20)15(3,4)5/h11-12,22H,6-8H2,1-5H3,(H,16,18)(H,17,19). The number of Topliss-reactive ketones (excluding diaryl/α,β-unsaturated/α-hetero) is 1. The van der Waals surface area contributed by atoms with E-state index in [0.717, 1.165) is 11.8 Å². The molecule has 2 atom stereocenters. The molecule has 8 heteroatoms. The van der Waals surface area contributed by atoms with Gasteiger partial charge < -0.3 is 10.6 Å². The fourth-order valence-corrected chi connectivity index (χ4v) is 3.04. The minimum atomic E-state index is -0.740. The van der Waals surface area contributed by atoms with Crippen LogP contribution in [0, 0.1) is 5.41 Å². The van der Waals surface area contributed by atoms with E-state index in [4.69, 9.17) is 0 Å². The molecule has 132 valence electrons. The number of thioether (sulfide) groups is 1. The smallest absolute Gasteiger partial charge is 0.217 e. The first kappa shape index (κ1) is 22.0. The van der Waals surface area contributed by atoms with Crippen LogP contribution in [0.15, 0.2) is 0 Å². The van der Waals surface area contributed by atoms with Crippen molar-refractivity contribution in [1.82, 2.24) is 10.6 Å². The molecule has 2 N–H and O–H groups in total. The van der Waals surface area contributed by atoms with Crippen molar-refractivity contribution < 1.29 is 19.2 Å². The van der Waals surface area contributed by atoms with Gasteiger partial charge in [0.05, 0.1) is 12.1 Å². The second kappa shape index (κ2) is 9.97. The zero-order valence-electron chi connectivity index (χ0n) is 14.3. The normalized spacial score (nSPS) is 13.8. The second-order valence-corrected chi connectivity index (χ2v) is 7.73. The minimum Gasteiger partial charge on any atom is -0.346 e. The summed E-state index contributed by atoms with van der Waals surface area (Å²) in [4.78, 5) is 47.0. The van der Waals surface area contributed by atoms with Gasteiger partial charge in [-0.15, -0.1) is 0 Å². The highest BCUT2D eigenvalue weighted by molar-refractivity contribution is 8.13. The molecule has 0 spiro atoms. The number of amides is 2. The Bertz CT molecular complexity index is 461. The molecule has 0 aliphatic heterocycles. The summed E-state index contributed by atoms with van der Waals surface area (Å²) >= 11 is 5.02. The van der Waals surface area contributed by atoms with E-state index in [0.29, 0.717) is 12.2 Å². The van der Waals surface area contributed by atoms with Gasteiger partial charge in [0.2, 0.25) is 16.9 Å². The van der Waals surface area contributed by atoms with Crippen molar-refractivity contribution in [3.05, 3.63) is 0 Å². The first-order valence-corrected chi connectivity index (χ1v) is 8.96. The molecule has 6 nitrogen and oxygen atoms in total. The monoisotopic (exact) mass is 362 g/mol. The van der Waals surface area contributed by atoms with E-state index in [1.54, 1.807) is 20.8 Å². The summed E-state index contributed by atoms with van der Waals surface area (Å²) < 4.78 is 0. The molecule has 0 aromatic heterocycles. The molecule has 0 rings (SSSR count). The predicted octanol–water partition coefficient (Wildman–Crippen LogP) is 1.19. The lowest BCUT2D eigenvalue weighted by molar-refractivity contribution is -0.131. The summed E-state index contributed by atoms with van der Waals surface area (Å²) in [6.45, 7) is 7.95. The predicted molar refractivity (Wildman–Crippen MR) is 95.6 cm³/mol. The Morgan fingerprint density at radius 2 is 1.48 bits per heavy atom. The largest absolute Gasteiger partial charge is 0.346 e. The van der Waals surface area contributed by atoms with Crippen LogP contribution in [0.2, 0.25) is 0 Å². The first-order valence-electron chi connectivity index (χ1n) is 7.35. The molecule has 0 aromatic carbocycles. The Morgan fingerprint density at radius 1 is 1.00 bits per heavy atom. The van der Waals surface area contributed by atoms with Crippen molar-refractivity contribution in [2.45, 2.75) is 53.1 Å². The van der Waals surface area contributed by atoms with Crippen LogP contribution in [0.1, 0.15) is 41.0 Å². The number of hydrogen-bond acceptors (Lipinski definition) is 6. The van der Waals surface area contributed by atoms with Gasteiger partial charge in [-0.25, -0.2) is 0 Å². The minimum absolute atomic E-state index is 0.136. The topological polar surface area (TPSA) is 92.3 Å². The van der Waals surface area contributed by atoms with Gasteiger partial charge >= 0.3 is 0 Å². The van der Waals surface area contributed by atoms with Crippen LogP contribution < -0.4 is 10.6 Å². The molecule has 0 heterocycles. The zero-order valence-corrected chi connectivity index (χ0v) is 16.0. The third kappa shape index (κ3) is 9.00. The van der Waals surface area contributed by atoms with Gasteiger partial charge in [0.1, 0.15) is 0 Å². The number of rotatable bonds is 8.